The van der Waals surface area contributed by atoms with Gasteiger partial charge in [0, 0.05) is 44.1 Å². The molecule has 2 saturated heterocycles. The van der Waals surface area contributed by atoms with E-state index in [9.17, 15) is 19.8 Å². The molecule has 0 bridgehead atoms. The molecule has 0 radical (unpaired) electrons. The average Bonchev–Trinajstić information content (AvgIpc) is 3.73. The van der Waals surface area contributed by atoms with Crippen molar-refractivity contribution < 1.29 is 24.5 Å². The number of aliphatic hydroxyl groups excluding tert-OH is 2. The van der Waals surface area contributed by atoms with Gasteiger partial charge in [-0.05, 0) is 66.7 Å². The molecule has 0 spiro atoms. The number of hydrogen-bond acceptors (Lipinski definition) is 5. The minimum absolute atomic E-state index is 0.00147. The van der Waals surface area contributed by atoms with Crippen molar-refractivity contribution in [2.45, 2.75) is 69.2 Å². The maximum atomic E-state index is 13.8. The first-order chi connectivity index (χ1) is 21.4. The third kappa shape index (κ3) is 7.23. The van der Waals surface area contributed by atoms with Crippen LogP contribution in [-0.2, 0) is 33.6 Å². The highest BCUT2D eigenvalue weighted by atomic mass is 16.5. The van der Waals surface area contributed by atoms with Crippen LogP contribution in [0.4, 0.5) is 0 Å². The van der Waals surface area contributed by atoms with Gasteiger partial charge in [-0.15, -0.1) is 0 Å². The van der Waals surface area contributed by atoms with Crippen LogP contribution in [0.1, 0.15) is 54.0 Å². The first kappa shape index (κ1) is 30.5. The van der Waals surface area contributed by atoms with Gasteiger partial charge in [-0.3, -0.25) is 9.59 Å². The van der Waals surface area contributed by atoms with Gasteiger partial charge in [0.25, 0.3) is 0 Å². The number of fused-ring (bicyclic) bond motifs is 1. The smallest absolute Gasteiger partial charge is 0.226 e. The summed E-state index contributed by atoms with van der Waals surface area (Å²) >= 11 is 0. The number of nitrogens with zero attached hydrogens (tertiary/aromatic N) is 1. The number of nitrogens with one attached hydrogen (secondary N) is 1. The topological polar surface area (TPSA) is 99.1 Å². The second-order valence-corrected chi connectivity index (χ2v) is 13.0. The SMILES string of the molecule is O=C(N[C@H]1c2ccccc2C[C@H]1O)C(Cc1ccccc1)CC(O)CN1C(=O)C(CC2CCOC2)C[C@@H]1Cc1ccccc1. The quantitative estimate of drug-likeness (QED) is 0.290. The van der Waals surface area contributed by atoms with E-state index in [0.29, 0.717) is 25.4 Å². The minimum Gasteiger partial charge on any atom is -0.391 e. The van der Waals surface area contributed by atoms with E-state index in [-0.39, 0.29) is 36.7 Å². The molecule has 0 saturated carbocycles. The summed E-state index contributed by atoms with van der Waals surface area (Å²) in [6.07, 6.45) is 2.93. The summed E-state index contributed by atoms with van der Waals surface area (Å²) in [5.74, 6) is -0.284. The van der Waals surface area contributed by atoms with Crippen LogP contribution in [-0.4, -0.2) is 64.9 Å². The van der Waals surface area contributed by atoms with E-state index in [1.165, 1.54) is 5.56 Å². The van der Waals surface area contributed by atoms with Crippen molar-refractivity contribution in [3.05, 3.63) is 107 Å². The Morgan fingerprint density at radius 3 is 2.41 bits per heavy atom. The molecule has 3 N–H and O–H groups in total. The number of aliphatic hydroxyl groups is 2. The van der Waals surface area contributed by atoms with Gasteiger partial charge in [0.1, 0.15) is 0 Å². The van der Waals surface area contributed by atoms with Crippen LogP contribution in [0.3, 0.4) is 0 Å². The molecule has 44 heavy (non-hydrogen) atoms. The van der Waals surface area contributed by atoms with Gasteiger partial charge in [0.2, 0.25) is 11.8 Å². The molecule has 7 heteroatoms. The molecule has 3 aliphatic rings. The van der Waals surface area contributed by atoms with Crippen molar-refractivity contribution >= 4 is 11.8 Å². The van der Waals surface area contributed by atoms with Crippen molar-refractivity contribution in [3.63, 3.8) is 0 Å². The number of likely N-dealkylation sites (tertiary alicyclic amines) is 1. The van der Waals surface area contributed by atoms with E-state index in [2.05, 4.69) is 17.4 Å². The third-order valence-electron chi connectivity index (χ3n) is 9.75. The van der Waals surface area contributed by atoms with Crippen molar-refractivity contribution in [1.82, 2.24) is 10.2 Å². The van der Waals surface area contributed by atoms with Gasteiger partial charge in [0.15, 0.2) is 0 Å². The molecule has 3 aromatic carbocycles. The van der Waals surface area contributed by atoms with Crippen molar-refractivity contribution in [2.24, 2.45) is 17.8 Å². The monoisotopic (exact) mass is 596 g/mol. The second-order valence-electron chi connectivity index (χ2n) is 13.0. The number of benzene rings is 3. The van der Waals surface area contributed by atoms with E-state index in [4.69, 9.17) is 4.74 Å². The van der Waals surface area contributed by atoms with Crippen LogP contribution >= 0.6 is 0 Å². The number of rotatable bonds is 12. The zero-order chi connectivity index (χ0) is 30.5. The lowest BCUT2D eigenvalue weighted by atomic mass is 9.90. The molecule has 0 aromatic heterocycles. The van der Waals surface area contributed by atoms with Gasteiger partial charge < -0.3 is 25.2 Å². The summed E-state index contributed by atoms with van der Waals surface area (Å²) in [6.45, 7) is 1.67. The molecule has 6 rings (SSSR count). The Balaban J connectivity index is 1.17. The standard InChI is InChI=1S/C37H44N2O5/c40-32(23-39-31(19-26-11-5-2-6-12-26)20-30(37(39)43)18-27-15-16-44-24-27)21-29(17-25-9-3-1-4-10-25)36(42)38-35-33-14-8-7-13-28(33)22-34(35)41/h1-14,27,29-32,34-35,40-41H,15-24H2,(H,38,42)/t27?,29?,30?,31-,32?,34+,35-/m0/s1. The number of amides is 2. The maximum absolute atomic E-state index is 13.8. The number of carbonyl (C=O) groups excluding carboxylic acids is 2. The average molecular weight is 597 g/mol. The summed E-state index contributed by atoms with van der Waals surface area (Å²) in [7, 11) is 0. The number of hydrogen-bond donors (Lipinski definition) is 3. The van der Waals surface area contributed by atoms with Gasteiger partial charge in [-0.1, -0.05) is 84.9 Å². The van der Waals surface area contributed by atoms with E-state index in [1.54, 1.807) is 0 Å². The van der Waals surface area contributed by atoms with Crippen LogP contribution in [0.2, 0.25) is 0 Å². The Bertz CT molecular complexity index is 1390. The molecule has 2 aliphatic heterocycles. The molecule has 232 valence electrons. The zero-order valence-electron chi connectivity index (χ0n) is 25.3. The molecule has 2 amide bonds. The van der Waals surface area contributed by atoms with Crippen LogP contribution in [0.5, 0.6) is 0 Å². The predicted octanol–water partition coefficient (Wildman–Crippen LogP) is 4.26. The molecule has 7 nitrogen and oxygen atoms in total. The fraction of sp³-hybridized carbons (Fsp3) is 0.459. The Morgan fingerprint density at radius 1 is 0.977 bits per heavy atom. The fourth-order valence-electron chi connectivity index (χ4n) is 7.49. The predicted molar refractivity (Wildman–Crippen MR) is 169 cm³/mol. The molecule has 1 aliphatic carbocycles. The highest BCUT2D eigenvalue weighted by molar-refractivity contribution is 5.82. The highest BCUT2D eigenvalue weighted by Gasteiger charge is 2.42. The number of β-amino-alcohol motifs (C(OH)–C–C–N with tert-alkyl or cyclic N) is 1. The molecule has 4 unspecified atom stereocenters. The van der Waals surface area contributed by atoms with E-state index in [0.717, 1.165) is 49.0 Å². The first-order valence-electron chi connectivity index (χ1n) is 16.1. The summed E-state index contributed by atoms with van der Waals surface area (Å²) in [6, 6.07) is 27.4. The number of ether oxygens (including phenoxy) is 1. The van der Waals surface area contributed by atoms with E-state index in [1.807, 2.05) is 77.7 Å². The van der Waals surface area contributed by atoms with Crippen molar-refractivity contribution in [2.75, 3.05) is 19.8 Å². The normalized spacial score (nSPS) is 26.0. The van der Waals surface area contributed by atoms with Gasteiger partial charge in [-0.25, -0.2) is 0 Å². The molecule has 2 fully saturated rings. The van der Waals surface area contributed by atoms with Crippen LogP contribution < -0.4 is 5.32 Å². The lowest BCUT2D eigenvalue weighted by Gasteiger charge is -2.29. The van der Waals surface area contributed by atoms with Crippen molar-refractivity contribution in [1.29, 1.82) is 0 Å². The summed E-state index contributed by atoms with van der Waals surface area (Å²) in [5, 5.41) is 25.4. The lowest BCUT2D eigenvalue weighted by molar-refractivity contribution is -0.134. The lowest BCUT2D eigenvalue weighted by Crippen LogP contribution is -2.43. The Morgan fingerprint density at radius 2 is 1.68 bits per heavy atom. The van der Waals surface area contributed by atoms with Crippen LogP contribution in [0.15, 0.2) is 84.9 Å². The largest absolute Gasteiger partial charge is 0.391 e. The van der Waals surface area contributed by atoms with Crippen LogP contribution in [0.25, 0.3) is 0 Å². The second kappa shape index (κ2) is 14.1. The molecule has 3 aromatic rings. The van der Waals surface area contributed by atoms with Crippen molar-refractivity contribution in [3.8, 4) is 0 Å². The molecule has 2 heterocycles. The summed E-state index contributed by atoms with van der Waals surface area (Å²) < 4.78 is 5.59. The molecular formula is C37H44N2O5. The number of carbonyl (C=O) groups is 2. The third-order valence-corrected chi connectivity index (χ3v) is 9.75. The van der Waals surface area contributed by atoms with Crippen LogP contribution in [0, 0.1) is 17.8 Å². The highest BCUT2D eigenvalue weighted by Crippen LogP contribution is 2.35. The Labute approximate surface area is 260 Å². The van der Waals surface area contributed by atoms with E-state index >= 15 is 0 Å². The van der Waals surface area contributed by atoms with Gasteiger partial charge in [-0.2, -0.15) is 0 Å². The Hall–Kier alpha value is -3.52. The fourth-order valence-corrected chi connectivity index (χ4v) is 7.49. The van der Waals surface area contributed by atoms with E-state index < -0.39 is 24.2 Å². The minimum atomic E-state index is -0.869. The zero-order valence-corrected chi connectivity index (χ0v) is 25.3. The molecule has 7 atom stereocenters. The molecular weight excluding hydrogens is 552 g/mol. The van der Waals surface area contributed by atoms with Gasteiger partial charge in [0.05, 0.1) is 18.2 Å². The summed E-state index contributed by atoms with van der Waals surface area (Å²) in [4.78, 5) is 29.5. The first-order valence-corrected chi connectivity index (χ1v) is 16.1. The Kier molecular flexibility index (Phi) is 9.75. The maximum Gasteiger partial charge on any atom is 0.226 e. The van der Waals surface area contributed by atoms with Gasteiger partial charge >= 0.3 is 0 Å². The summed E-state index contributed by atoms with van der Waals surface area (Å²) in [5.41, 5.74) is 4.16.